The van der Waals surface area contributed by atoms with Gasteiger partial charge in [0.05, 0.1) is 61.0 Å². The van der Waals surface area contributed by atoms with Gasteiger partial charge in [-0.2, -0.15) is 0 Å². The highest BCUT2D eigenvalue weighted by molar-refractivity contribution is 5.80. The van der Waals surface area contributed by atoms with E-state index in [0.717, 1.165) is 5.57 Å². The molecule has 372 valence electrons. The van der Waals surface area contributed by atoms with Crippen molar-refractivity contribution in [3.63, 3.8) is 0 Å². The number of hydrogen-bond donors (Lipinski definition) is 5. The molecule has 0 amide bonds. The molecule has 5 N–H and O–H groups in total. The molecule has 4 aliphatic carbocycles. The molecule has 0 spiro atoms. The minimum absolute atomic E-state index is 0.0612. The maximum absolute atomic E-state index is 12.7. The van der Waals surface area contributed by atoms with Crippen LogP contribution >= 0.6 is 0 Å². The van der Waals surface area contributed by atoms with Gasteiger partial charge in [-0.15, -0.1) is 0 Å². The third kappa shape index (κ3) is 8.75. The van der Waals surface area contributed by atoms with Gasteiger partial charge in [0.25, 0.3) is 0 Å². The Bertz CT molecular complexity index is 1690. The Labute approximate surface area is 384 Å². The molecular weight excluding hydrogens is 849 g/mol. The number of fused-ring (bicyclic) bond motifs is 5. The van der Waals surface area contributed by atoms with Gasteiger partial charge in [0.2, 0.25) is 0 Å². The molecule has 17 nitrogen and oxygen atoms in total. The lowest BCUT2D eigenvalue weighted by Crippen LogP contribution is -2.75. The summed E-state index contributed by atoms with van der Waals surface area (Å²) >= 11 is 0. The molecule has 0 radical (unpaired) electrons. The van der Waals surface area contributed by atoms with Crippen LogP contribution in [0.3, 0.4) is 0 Å². The number of ether oxygens (including phenoxy) is 11. The average molecular weight is 927 g/mol. The van der Waals surface area contributed by atoms with Crippen LogP contribution in [0.1, 0.15) is 119 Å². The number of aliphatic hydroxyl groups excluding tert-OH is 3. The molecule has 24 atom stereocenters. The first-order chi connectivity index (χ1) is 30.7. The van der Waals surface area contributed by atoms with Crippen LogP contribution in [0.4, 0.5) is 0 Å². The molecule has 8 aliphatic rings. The Morgan fingerprint density at radius 1 is 0.662 bits per heavy atom. The first-order valence-electron chi connectivity index (χ1n) is 24.2. The number of ketones is 1. The van der Waals surface area contributed by atoms with Gasteiger partial charge in [-0.25, -0.2) is 0 Å². The van der Waals surface area contributed by atoms with Crippen LogP contribution in [0, 0.1) is 22.7 Å². The molecule has 4 heterocycles. The van der Waals surface area contributed by atoms with E-state index in [1.54, 1.807) is 35.2 Å². The number of carbonyl (C=O) groups excluding carboxylic acids is 1. The zero-order valence-corrected chi connectivity index (χ0v) is 40.0. The van der Waals surface area contributed by atoms with Crippen molar-refractivity contribution in [2.75, 3.05) is 21.3 Å². The van der Waals surface area contributed by atoms with Crippen LogP contribution in [0.15, 0.2) is 11.6 Å². The van der Waals surface area contributed by atoms with Crippen molar-refractivity contribution in [3.8, 4) is 0 Å². The van der Waals surface area contributed by atoms with E-state index in [9.17, 15) is 30.3 Å². The summed E-state index contributed by atoms with van der Waals surface area (Å²) in [6.07, 6.45) is -3.54. The number of carbonyl (C=O) groups is 1. The summed E-state index contributed by atoms with van der Waals surface area (Å²) < 4.78 is 68.2. The molecule has 0 aromatic carbocycles. The highest BCUT2D eigenvalue weighted by Crippen LogP contribution is 2.69. The average Bonchev–Trinajstić information content (AvgIpc) is 3.56. The molecule has 0 bridgehead atoms. The number of hydrogen-bond acceptors (Lipinski definition) is 17. The predicted octanol–water partition coefficient (Wildman–Crippen LogP) is 3.20. The number of rotatable bonds is 12. The van der Waals surface area contributed by atoms with Gasteiger partial charge in [-0.05, 0) is 85.0 Å². The minimum Gasteiger partial charge on any atom is -0.392 e. The fourth-order valence-corrected chi connectivity index (χ4v) is 13.8. The molecule has 7 fully saturated rings. The highest BCUT2D eigenvalue weighted by Gasteiger charge is 2.76. The molecule has 0 aromatic rings. The summed E-state index contributed by atoms with van der Waals surface area (Å²) in [7, 11) is 4.81. The van der Waals surface area contributed by atoms with Crippen molar-refractivity contribution < 1.29 is 82.4 Å². The first-order valence-corrected chi connectivity index (χ1v) is 24.2. The Morgan fingerprint density at radius 3 is 1.71 bits per heavy atom. The molecule has 65 heavy (non-hydrogen) atoms. The summed E-state index contributed by atoms with van der Waals surface area (Å²) in [5.74, 6) is -0.961. The largest absolute Gasteiger partial charge is 0.392 e. The maximum Gasteiger partial charge on any atom is 0.161 e. The molecule has 0 unspecified atom stereocenters. The van der Waals surface area contributed by atoms with Gasteiger partial charge in [-0.3, -0.25) is 4.79 Å². The number of aliphatic hydroxyl groups is 5. The second kappa shape index (κ2) is 19.2. The smallest absolute Gasteiger partial charge is 0.161 e. The molecular formula is C48H78O17. The highest BCUT2D eigenvalue weighted by atomic mass is 16.8. The second-order valence-electron chi connectivity index (χ2n) is 21.1. The van der Waals surface area contributed by atoms with E-state index in [1.165, 1.54) is 6.92 Å². The van der Waals surface area contributed by atoms with Gasteiger partial charge < -0.3 is 77.6 Å². The van der Waals surface area contributed by atoms with Gasteiger partial charge >= 0.3 is 0 Å². The summed E-state index contributed by atoms with van der Waals surface area (Å²) in [4.78, 5) is 12.7. The number of methoxy groups -OCH3 is 3. The zero-order chi connectivity index (χ0) is 47.0. The van der Waals surface area contributed by atoms with Crippen molar-refractivity contribution in [2.45, 2.75) is 241 Å². The predicted molar refractivity (Wildman–Crippen MR) is 230 cm³/mol. The van der Waals surface area contributed by atoms with Gasteiger partial charge in [-0.1, -0.05) is 25.5 Å². The minimum atomic E-state index is -1.59. The monoisotopic (exact) mass is 927 g/mol. The number of Topliss-reactive ketones (excluding diaryl/α,β-unsaturated/α-hetero) is 1. The second-order valence-corrected chi connectivity index (χ2v) is 21.1. The van der Waals surface area contributed by atoms with Crippen molar-refractivity contribution >= 4 is 5.78 Å². The molecule has 4 saturated heterocycles. The quantitative estimate of drug-likeness (QED) is 0.178. The summed E-state index contributed by atoms with van der Waals surface area (Å²) in [6, 6.07) is 0. The fraction of sp³-hybridized carbons (Fsp3) is 0.938. The third-order valence-corrected chi connectivity index (χ3v) is 17.7. The van der Waals surface area contributed by atoms with E-state index in [-0.39, 0.29) is 43.2 Å². The van der Waals surface area contributed by atoms with Crippen LogP contribution in [-0.2, 0) is 56.9 Å². The van der Waals surface area contributed by atoms with Crippen LogP contribution in [0.5, 0.6) is 0 Å². The van der Waals surface area contributed by atoms with E-state index < -0.39 is 126 Å². The normalized spacial score (nSPS) is 53.7. The molecule has 4 aliphatic heterocycles. The Hall–Kier alpha value is -1.23. The standard InChI is InChI=1S/C48H78O17/c1-23(49)30-13-16-48(54)46(30,7)36(51)22-35-45(6)14-12-29(17-28(45)11-15-47(35,48)53)62-37-18-31(50)42(25(3)59-37)63-39-20-33(56-9)44(26(4)60-39)65-40-21-34(57-10)43(27(5)61-40)64-38-19-32(55-8)41(52)24(2)58-38/h11,24-27,29-44,50-54H,12-22H2,1-10H3/t24-,25-,26-,27-,29+,30+,31+,32+,33-,34-,35-,36-,37+,38+,39+,40+,41-,42-,43-,44-,45+,46+,47+,48-/m1/s1. The lowest BCUT2D eigenvalue weighted by molar-refractivity contribution is -0.346. The molecule has 8 rings (SSSR count). The SMILES string of the molecule is CO[C@H]1C[C@H](O[C@@H]2[C@@H](C)O[C@@H](O[C@@H]3[C@@H](C)O[C@@H](O[C@H]4[C@@H](O)C[C@H](O[C@H]5CC[C@@]6(C)C(=CC[C@]7(O)[C@@H]6C[C@@H](O)[C@]6(C)[C@H](C(C)=O)CC[C@@]67O)C5)O[C@@H]4C)C[C@H]3OC)C[C@H]2OC)O[C@H](C)[C@H]1O. The van der Waals surface area contributed by atoms with E-state index in [2.05, 4.69) is 13.0 Å². The Kier molecular flexibility index (Phi) is 14.8. The van der Waals surface area contributed by atoms with Crippen LogP contribution in [-0.4, -0.2) is 174 Å². The summed E-state index contributed by atoms with van der Waals surface area (Å²) in [6.45, 7) is 12.9. The van der Waals surface area contributed by atoms with Gasteiger partial charge in [0.1, 0.15) is 41.4 Å². The van der Waals surface area contributed by atoms with E-state index in [1.807, 2.05) is 20.8 Å². The van der Waals surface area contributed by atoms with Gasteiger partial charge in [0.15, 0.2) is 25.2 Å². The first kappa shape index (κ1) is 50.2. The topological polar surface area (TPSA) is 220 Å². The zero-order valence-electron chi connectivity index (χ0n) is 40.0. The lowest BCUT2D eigenvalue weighted by atomic mass is 9.43. The fourth-order valence-electron chi connectivity index (χ4n) is 13.8. The molecule has 17 heteroatoms. The van der Waals surface area contributed by atoms with Crippen molar-refractivity contribution in [1.82, 2.24) is 0 Å². The Morgan fingerprint density at radius 2 is 1.17 bits per heavy atom. The van der Waals surface area contributed by atoms with E-state index in [0.29, 0.717) is 51.4 Å². The maximum atomic E-state index is 12.7. The molecule has 0 aromatic heterocycles. The Balaban J connectivity index is 0.830. The van der Waals surface area contributed by atoms with Crippen LogP contribution in [0.2, 0.25) is 0 Å². The lowest BCUT2D eigenvalue weighted by Gasteiger charge is -2.66. The van der Waals surface area contributed by atoms with Crippen LogP contribution < -0.4 is 0 Å². The van der Waals surface area contributed by atoms with Crippen molar-refractivity contribution in [1.29, 1.82) is 0 Å². The van der Waals surface area contributed by atoms with E-state index in [4.69, 9.17) is 52.1 Å². The van der Waals surface area contributed by atoms with Crippen molar-refractivity contribution in [3.05, 3.63) is 11.6 Å². The van der Waals surface area contributed by atoms with Crippen molar-refractivity contribution in [2.24, 2.45) is 22.7 Å². The molecule has 3 saturated carbocycles. The van der Waals surface area contributed by atoms with Gasteiger partial charge in [0, 0.05) is 64.3 Å². The third-order valence-electron chi connectivity index (χ3n) is 17.7. The van der Waals surface area contributed by atoms with E-state index >= 15 is 0 Å². The summed E-state index contributed by atoms with van der Waals surface area (Å²) in [5, 5.41) is 58.4. The van der Waals surface area contributed by atoms with Crippen LogP contribution in [0.25, 0.3) is 0 Å². The summed E-state index contributed by atoms with van der Waals surface area (Å²) in [5.41, 5.74) is -3.53.